The molecule has 2 N–H and O–H groups in total. The van der Waals surface area contributed by atoms with Crippen LogP contribution in [0, 0.1) is 0 Å². The first-order valence-corrected chi connectivity index (χ1v) is 8.06. The van der Waals surface area contributed by atoms with Crippen LogP contribution in [0.3, 0.4) is 0 Å². The van der Waals surface area contributed by atoms with Crippen molar-refractivity contribution in [1.82, 2.24) is 4.90 Å². The fourth-order valence-electron chi connectivity index (χ4n) is 4.23. The van der Waals surface area contributed by atoms with Crippen molar-refractivity contribution in [2.24, 2.45) is 0 Å². The number of methoxy groups -OCH3 is 1. The number of phenolic OH excluding ortho intramolecular Hbond substituents is 2. The molecule has 0 radical (unpaired) electrons. The molecule has 0 spiro atoms. The molecule has 2 heterocycles. The number of rotatable bonds is 1. The van der Waals surface area contributed by atoms with E-state index < -0.39 is 0 Å². The Morgan fingerprint density at radius 3 is 2.74 bits per heavy atom. The molecule has 120 valence electrons. The minimum absolute atomic E-state index is 0.169. The van der Waals surface area contributed by atoms with Gasteiger partial charge in [-0.25, -0.2) is 0 Å². The van der Waals surface area contributed by atoms with Gasteiger partial charge in [-0.1, -0.05) is 12.1 Å². The molecule has 0 amide bonds. The van der Waals surface area contributed by atoms with Crippen LogP contribution in [0.25, 0.3) is 0 Å². The first-order chi connectivity index (χ1) is 11.1. The number of fused-ring (bicyclic) bond motifs is 4. The molecule has 23 heavy (non-hydrogen) atoms. The molecule has 2 aromatic rings. The maximum Gasteiger partial charge on any atom is 0.160 e. The molecule has 2 aromatic carbocycles. The van der Waals surface area contributed by atoms with Gasteiger partial charge < -0.3 is 14.9 Å². The number of benzene rings is 2. The van der Waals surface area contributed by atoms with Gasteiger partial charge in [0.15, 0.2) is 11.5 Å². The van der Waals surface area contributed by atoms with Gasteiger partial charge in [0.1, 0.15) is 5.75 Å². The average Bonchev–Trinajstić information content (AvgIpc) is 2.54. The molecule has 2 aliphatic rings. The van der Waals surface area contributed by atoms with E-state index in [4.69, 9.17) is 4.74 Å². The summed E-state index contributed by atoms with van der Waals surface area (Å²) in [7, 11) is 1.58. The van der Waals surface area contributed by atoms with Crippen LogP contribution in [0.2, 0.25) is 0 Å². The SMILES string of the molecule is COc1cc2c(cc1O)[C@@H]1Cc3cccc(O)c3[C@@H](C)N1CC2. The van der Waals surface area contributed by atoms with E-state index in [1.54, 1.807) is 13.2 Å². The Balaban J connectivity index is 1.82. The highest BCUT2D eigenvalue weighted by Crippen LogP contribution is 2.47. The fraction of sp³-hybridized carbons (Fsp3) is 0.368. The summed E-state index contributed by atoms with van der Waals surface area (Å²) in [6.07, 6.45) is 1.78. The van der Waals surface area contributed by atoms with Gasteiger partial charge in [0.25, 0.3) is 0 Å². The van der Waals surface area contributed by atoms with Crippen LogP contribution in [0.1, 0.15) is 41.3 Å². The van der Waals surface area contributed by atoms with Crippen molar-refractivity contribution in [3.8, 4) is 17.2 Å². The first kappa shape index (κ1) is 14.4. The number of nitrogens with zero attached hydrogens (tertiary/aromatic N) is 1. The molecule has 0 saturated heterocycles. The summed E-state index contributed by atoms with van der Waals surface area (Å²) in [6.45, 7) is 3.10. The summed E-state index contributed by atoms with van der Waals surface area (Å²) < 4.78 is 5.24. The third kappa shape index (κ3) is 2.09. The van der Waals surface area contributed by atoms with E-state index in [9.17, 15) is 10.2 Å². The highest BCUT2D eigenvalue weighted by Gasteiger charge is 2.37. The average molecular weight is 311 g/mol. The number of ether oxygens (including phenoxy) is 1. The predicted molar refractivity (Wildman–Crippen MR) is 88.0 cm³/mol. The Hall–Kier alpha value is -2.20. The van der Waals surface area contributed by atoms with Gasteiger partial charge in [-0.05, 0) is 54.7 Å². The molecule has 4 heteroatoms. The van der Waals surface area contributed by atoms with E-state index in [0.717, 1.165) is 24.9 Å². The van der Waals surface area contributed by atoms with Crippen molar-refractivity contribution in [1.29, 1.82) is 0 Å². The lowest BCUT2D eigenvalue weighted by atomic mass is 9.81. The van der Waals surface area contributed by atoms with E-state index in [2.05, 4.69) is 17.9 Å². The summed E-state index contributed by atoms with van der Waals surface area (Å²) in [4.78, 5) is 2.43. The van der Waals surface area contributed by atoms with Crippen LogP contribution in [-0.4, -0.2) is 28.8 Å². The van der Waals surface area contributed by atoms with E-state index in [-0.39, 0.29) is 17.8 Å². The Labute approximate surface area is 135 Å². The summed E-state index contributed by atoms with van der Waals surface area (Å²) in [5.41, 5.74) is 4.67. The van der Waals surface area contributed by atoms with Crippen LogP contribution in [0.5, 0.6) is 17.2 Å². The third-order valence-electron chi connectivity index (χ3n) is 5.34. The smallest absolute Gasteiger partial charge is 0.160 e. The maximum atomic E-state index is 10.2. The topological polar surface area (TPSA) is 52.9 Å². The molecule has 4 nitrogen and oxygen atoms in total. The zero-order valence-corrected chi connectivity index (χ0v) is 13.4. The van der Waals surface area contributed by atoms with Crippen molar-refractivity contribution >= 4 is 0 Å². The van der Waals surface area contributed by atoms with Crippen LogP contribution >= 0.6 is 0 Å². The van der Waals surface area contributed by atoms with Crippen LogP contribution in [-0.2, 0) is 12.8 Å². The molecule has 4 rings (SSSR count). The lowest BCUT2D eigenvalue weighted by Crippen LogP contribution is -2.41. The van der Waals surface area contributed by atoms with E-state index in [1.165, 1.54) is 16.7 Å². The van der Waals surface area contributed by atoms with Crippen LogP contribution < -0.4 is 4.74 Å². The second-order valence-corrected chi connectivity index (χ2v) is 6.46. The Bertz CT molecular complexity index is 771. The molecule has 0 bridgehead atoms. The zero-order valence-electron chi connectivity index (χ0n) is 13.4. The largest absolute Gasteiger partial charge is 0.508 e. The highest BCUT2D eigenvalue weighted by molar-refractivity contribution is 5.51. The van der Waals surface area contributed by atoms with Crippen LogP contribution in [0.4, 0.5) is 0 Å². The first-order valence-electron chi connectivity index (χ1n) is 8.06. The molecular formula is C19H21NO3. The van der Waals surface area contributed by atoms with Crippen molar-refractivity contribution < 1.29 is 14.9 Å². The molecule has 0 saturated carbocycles. The zero-order chi connectivity index (χ0) is 16.1. The molecule has 0 unspecified atom stereocenters. The highest BCUT2D eigenvalue weighted by atomic mass is 16.5. The second-order valence-electron chi connectivity index (χ2n) is 6.46. The van der Waals surface area contributed by atoms with Crippen LogP contribution in [0.15, 0.2) is 30.3 Å². The minimum Gasteiger partial charge on any atom is -0.508 e. The van der Waals surface area contributed by atoms with E-state index >= 15 is 0 Å². The monoisotopic (exact) mass is 311 g/mol. The van der Waals surface area contributed by atoms with Gasteiger partial charge in [-0.15, -0.1) is 0 Å². The van der Waals surface area contributed by atoms with Crippen molar-refractivity contribution in [2.75, 3.05) is 13.7 Å². The van der Waals surface area contributed by atoms with Gasteiger partial charge in [0.2, 0.25) is 0 Å². The fourth-order valence-corrected chi connectivity index (χ4v) is 4.23. The van der Waals surface area contributed by atoms with E-state index in [1.807, 2.05) is 18.2 Å². The normalized spacial score (nSPS) is 22.9. The lowest BCUT2D eigenvalue weighted by molar-refractivity contribution is 0.115. The second kappa shape index (κ2) is 5.17. The third-order valence-corrected chi connectivity index (χ3v) is 5.34. The summed E-state index contributed by atoms with van der Waals surface area (Å²) in [6, 6.07) is 9.99. The van der Waals surface area contributed by atoms with Gasteiger partial charge in [-0.2, -0.15) is 0 Å². The standard InChI is InChI=1S/C19H21NO3/c1-11-19-13(4-3-5-16(19)21)8-15-14-10-17(22)18(23-2)9-12(14)6-7-20(11)15/h3-5,9-11,15,21-22H,6-8H2,1-2H3/t11-,15+/m1/s1. The van der Waals surface area contributed by atoms with Gasteiger partial charge in [-0.3, -0.25) is 4.90 Å². The number of hydrogen-bond acceptors (Lipinski definition) is 4. The van der Waals surface area contributed by atoms with Gasteiger partial charge >= 0.3 is 0 Å². The molecule has 0 aromatic heterocycles. The Morgan fingerprint density at radius 1 is 1.13 bits per heavy atom. The summed E-state index contributed by atoms with van der Waals surface area (Å²) >= 11 is 0. The van der Waals surface area contributed by atoms with E-state index in [0.29, 0.717) is 11.5 Å². The van der Waals surface area contributed by atoms with Crippen molar-refractivity contribution in [3.05, 3.63) is 52.6 Å². The molecule has 0 fully saturated rings. The lowest BCUT2D eigenvalue weighted by Gasteiger charge is -2.45. The summed E-state index contributed by atoms with van der Waals surface area (Å²) in [5.74, 6) is 1.12. The quantitative estimate of drug-likeness (QED) is 0.848. The number of phenols is 2. The molecule has 0 aliphatic carbocycles. The Morgan fingerprint density at radius 2 is 1.96 bits per heavy atom. The van der Waals surface area contributed by atoms with Gasteiger partial charge in [0, 0.05) is 24.2 Å². The minimum atomic E-state index is 0.169. The molecule has 2 atom stereocenters. The number of hydrogen-bond donors (Lipinski definition) is 2. The molecular weight excluding hydrogens is 290 g/mol. The predicted octanol–water partition coefficient (Wildman–Crippen LogP) is 3.32. The molecule has 2 aliphatic heterocycles. The number of aromatic hydroxyl groups is 2. The van der Waals surface area contributed by atoms with Crippen molar-refractivity contribution in [3.63, 3.8) is 0 Å². The van der Waals surface area contributed by atoms with Gasteiger partial charge in [0.05, 0.1) is 7.11 Å². The Kier molecular flexibility index (Phi) is 3.23. The summed E-state index contributed by atoms with van der Waals surface area (Å²) in [5, 5.41) is 20.4. The maximum absolute atomic E-state index is 10.2. The van der Waals surface area contributed by atoms with Crippen molar-refractivity contribution in [2.45, 2.75) is 31.8 Å².